The van der Waals surface area contributed by atoms with Gasteiger partial charge in [0.2, 0.25) is 27.7 Å². The number of benzene rings is 4. The van der Waals surface area contributed by atoms with Crippen molar-refractivity contribution in [3.05, 3.63) is 125 Å². The number of aryl methyl sites for hydroxylation is 1. The first kappa shape index (κ1) is 55.7. The van der Waals surface area contributed by atoms with Crippen LogP contribution in [0.25, 0.3) is 21.6 Å². The molecule has 4 aromatic carbocycles. The minimum Gasteiger partial charge on any atom is -0.508 e. The molecule has 20 heteroatoms. The van der Waals surface area contributed by atoms with Gasteiger partial charge in [0.1, 0.15) is 47.2 Å². The normalized spacial score (nSPS) is 20.3. The number of halogens is 3. The predicted molar refractivity (Wildman–Crippen MR) is 284 cm³/mol. The van der Waals surface area contributed by atoms with Crippen LogP contribution in [-0.4, -0.2) is 115 Å². The number of fused-ring (bicyclic) bond motifs is 2. The first-order valence-corrected chi connectivity index (χ1v) is 27.6. The summed E-state index contributed by atoms with van der Waals surface area (Å²) in [5, 5.41) is 25.3. The monoisotopic (exact) mass is 1090 g/mol. The number of methoxy groups -OCH3 is 1. The van der Waals surface area contributed by atoms with Crippen LogP contribution in [0.15, 0.2) is 103 Å². The van der Waals surface area contributed by atoms with E-state index >= 15 is 0 Å². The molecule has 2 fully saturated rings. The van der Waals surface area contributed by atoms with Crippen LogP contribution in [0, 0.1) is 12.3 Å². The van der Waals surface area contributed by atoms with Crippen molar-refractivity contribution in [1.29, 1.82) is 0 Å². The minimum atomic E-state index is -4.85. The number of ether oxygens (including phenoxy) is 3. The fourth-order valence-electron chi connectivity index (χ4n) is 10.1. The van der Waals surface area contributed by atoms with E-state index in [4.69, 9.17) is 14.2 Å². The number of alkyl halides is 3. The molecule has 8 rings (SSSR count). The van der Waals surface area contributed by atoms with Gasteiger partial charge in [-0.25, -0.2) is 13.4 Å². The van der Waals surface area contributed by atoms with E-state index in [1.165, 1.54) is 48.4 Å². The number of phenolic OH excluding ortho intramolecular Hbond substituents is 1. The number of rotatable bonds is 20. The second kappa shape index (κ2) is 23.0. The first-order chi connectivity index (χ1) is 36.0. The number of thiazole rings is 1. The van der Waals surface area contributed by atoms with Crippen molar-refractivity contribution in [1.82, 2.24) is 20.5 Å². The molecule has 4 N–H and O–H groups in total. The fraction of sp³-hybridized carbons (Fsp3) is 0.429. The number of anilines is 1. The predicted octanol–water partition coefficient (Wildman–Crippen LogP) is 8.99. The number of nitrogens with one attached hydrogen (secondary N) is 2. The number of aliphatic hydroxyl groups is 1. The molecule has 3 unspecified atom stereocenters. The van der Waals surface area contributed by atoms with E-state index in [-0.39, 0.29) is 49.2 Å². The van der Waals surface area contributed by atoms with Crippen LogP contribution in [-0.2, 0) is 29.1 Å². The number of unbranched alkanes of at least 4 members (excludes halogenated alkanes) is 2. The molecular weight excluding hydrogens is 1020 g/mol. The molecule has 1 aromatic heterocycles. The molecule has 3 amide bonds. The van der Waals surface area contributed by atoms with Gasteiger partial charge in [-0.2, -0.15) is 13.2 Å². The summed E-state index contributed by atoms with van der Waals surface area (Å²) in [7, 11) is -3.29. The number of aromatic hydroxyl groups is 1. The lowest BCUT2D eigenvalue weighted by atomic mass is 9.83. The SMILES string of the molecule is COc1ccc(N(CC(F)(F)F)S(=O)(=O)C2CC3OC2C(c2ccc(OCCCCCC(=O)N[C@H](C(=O)N4C[C@H](O)C[C@H]4C(=O)N[C@@H](C)c4ccc(-c5scnc5C)cc4)C(C)(C)C)cc2)=C3c2ccc(O)cc2)cc1. The van der Waals surface area contributed by atoms with Crippen molar-refractivity contribution in [3.8, 4) is 27.7 Å². The molecule has 406 valence electrons. The summed E-state index contributed by atoms with van der Waals surface area (Å²) >= 11 is 1.56. The Hall–Kier alpha value is -6.48. The summed E-state index contributed by atoms with van der Waals surface area (Å²) in [6.45, 7) is 7.84. The summed E-state index contributed by atoms with van der Waals surface area (Å²) in [6, 6.07) is 24.2. The number of phenols is 1. The van der Waals surface area contributed by atoms with E-state index in [0.29, 0.717) is 63.9 Å². The first-order valence-electron chi connectivity index (χ1n) is 25.3. The van der Waals surface area contributed by atoms with Crippen LogP contribution in [0.4, 0.5) is 18.9 Å². The lowest BCUT2D eigenvalue weighted by molar-refractivity contribution is -0.144. The molecule has 15 nitrogen and oxygen atoms in total. The van der Waals surface area contributed by atoms with Crippen LogP contribution in [0.2, 0.25) is 0 Å². The third-order valence-corrected chi connectivity index (χ3v) is 17.2. The number of likely N-dealkylation sites (tertiary alicyclic amines) is 1. The molecule has 3 aliphatic rings. The molecule has 7 atom stereocenters. The quantitative estimate of drug-likeness (QED) is 0.0543. The fourth-order valence-corrected chi connectivity index (χ4v) is 12.9. The molecule has 3 aliphatic heterocycles. The molecular formula is C56H64F3N5O10S2. The van der Waals surface area contributed by atoms with Crippen molar-refractivity contribution in [2.75, 3.05) is 31.1 Å². The average molecular weight is 1090 g/mol. The van der Waals surface area contributed by atoms with Gasteiger partial charge >= 0.3 is 6.18 Å². The number of aliphatic hydroxyl groups excluding tert-OH is 1. The number of hydrogen-bond donors (Lipinski definition) is 4. The van der Waals surface area contributed by atoms with Crippen molar-refractivity contribution >= 4 is 55.9 Å². The average Bonchev–Trinajstić information content (AvgIpc) is 4.21. The van der Waals surface area contributed by atoms with E-state index in [1.54, 1.807) is 53.2 Å². The number of sulfonamides is 1. The van der Waals surface area contributed by atoms with Gasteiger partial charge in [0, 0.05) is 19.4 Å². The van der Waals surface area contributed by atoms with Crippen molar-refractivity contribution in [3.63, 3.8) is 0 Å². The van der Waals surface area contributed by atoms with E-state index in [9.17, 15) is 46.2 Å². The molecule has 0 spiro atoms. The Kier molecular flexibility index (Phi) is 16.9. The van der Waals surface area contributed by atoms with Gasteiger partial charge in [0.15, 0.2) is 0 Å². The molecule has 76 heavy (non-hydrogen) atoms. The zero-order chi connectivity index (χ0) is 54.7. The van der Waals surface area contributed by atoms with Gasteiger partial charge in [0.25, 0.3) is 0 Å². The van der Waals surface area contributed by atoms with E-state index in [1.807, 2.05) is 58.9 Å². The summed E-state index contributed by atoms with van der Waals surface area (Å²) in [5.74, 6) is -0.292. The molecule has 4 heterocycles. The minimum absolute atomic E-state index is 0.0212. The van der Waals surface area contributed by atoms with Gasteiger partial charge < -0.3 is 40.0 Å². The summed E-state index contributed by atoms with van der Waals surface area (Å²) in [4.78, 5) is 48.1. The van der Waals surface area contributed by atoms with E-state index in [2.05, 4.69) is 15.6 Å². The summed E-state index contributed by atoms with van der Waals surface area (Å²) in [5.41, 5.74) is 6.19. The van der Waals surface area contributed by atoms with Crippen LogP contribution in [0.1, 0.15) is 94.6 Å². The van der Waals surface area contributed by atoms with Crippen LogP contribution >= 0.6 is 11.3 Å². The smallest absolute Gasteiger partial charge is 0.407 e. The second-order valence-corrected chi connectivity index (χ2v) is 23.6. The number of nitrogens with zero attached hydrogens (tertiary/aromatic N) is 3. The maximum Gasteiger partial charge on any atom is 0.407 e. The highest BCUT2D eigenvalue weighted by Gasteiger charge is 2.55. The maximum absolute atomic E-state index is 14.4. The molecule has 0 radical (unpaired) electrons. The Balaban J connectivity index is 0.856. The Morgan fingerprint density at radius 3 is 2.12 bits per heavy atom. The zero-order valence-electron chi connectivity index (χ0n) is 43.2. The summed E-state index contributed by atoms with van der Waals surface area (Å²) < 4.78 is 88.8. The van der Waals surface area contributed by atoms with Gasteiger partial charge in [0.05, 0.1) is 53.7 Å². The molecule has 5 aromatic rings. The highest BCUT2D eigenvalue weighted by Crippen LogP contribution is 2.52. The number of hydrogen-bond acceptors (Lipinski definition) is 12. The summed E-state index contributed by atoms with van der Waals surface area (Å²) in [6.07, 6.45) is -5.84. The third-order valence-electron chi connectivity index (χ3n) is 14.1. The van der Waals surface area contributed by atoms with Crippen molar-refractivity contribution in [2.24, 2.45) is 5.41 Å². The van der Waals surface area contributed by atoms with E-state index in [0.717, 1.165) is 21.7 Å². The topological polar surface area (TPSA) is 197 Å². The van der Waals surface area contributed by atoms with Gasteiger partial charge in [-0.05, 0) is 127 Å². The van der Waals surface area contributed by atoms with Gasteiger partial charge in [-0.1, -0.05) is 69.3 Å². The lowest BCUT2D eigenvalue weighted by Gasteiger charge is -2.35. The number of β-amino-alcohol motifs (C(OH)–C–C–N with tert-alkyl or cyclic N) is 1. The molecule has 2 saturated heterocycles. The number of aromatic nitrogens is 1. The molecule has 0 aliphatic carbocycles. The third kappa shape index (κ3) is 12.7. The lowest BCUT2D eigenvalue weighted by Crippen LogP contribution is -2.57. The molecule has 0 saturated carbocycles. The van der Waals surface area contributed by atoms with Crippen LogP contribution in [0.5, 0.6) is 17.2 Å². The van der Waals surface area contributed by atoms with Crippen molar-refractivity contribution < 1.29 is 60.4 Å². The Labute approximate surface area is 445 Å². The highest BCUT2D eigenvalue weighted by molar-refractivity contribution is 7.93. The van der Waals surface area contributed by atoms with Gasteiger partial charge in [-0.15, -0.1) is 11.3 Å². The Morgan fingerprint density at radius 2 is 1.50 bits per heavy atom. The maximum atomic E-state index is 14.4. The largest absolute Gasteiger partial charge is 0.508 e. The van der Waals surface area contributed by atoms with Crippen LogP contribution in [0.3, 0.4) is 0 Å². The zero-order valence-corrected chi connectivity index (χ0v) is 44.8. The molecule has 2 bridgehead atoms. The Bertz CT molecular complexity index is 3000. The number of carbonyl (C=O) groups excluding carboxylic acids is 3. The van der Waals surface area contributed by atoms with Gasteiger partial charge in [-0.3, -0.25) is 18.7 Å². The van der Waals surface area contributed by atoms with E-state index < -0.39 is 75.6 Å². The van der Waals surface area contributed by atoms with Crippen LogP contribution < -0.4 is 24.4 Å². The number of carbonyl (C=O) groups is 3. The van der Waals surface area contributed by atoms with Crippen molar-refractivity contribution in [2.45, 2.75) is 121 Å². The Morgan fingerprint density at radius 1 is 0.868 bits per heavy atom. The standard InChI is InChI=1S/C56H64F3N5O10S2/c1-33(35-11-13-38(14-12-35)51-34(2)60-32-75-51)61-53(68)44-28-41(66)30-63(44)54(69)52(55(3,4)5)62-47(67)10-8-7-9-27-73-43-23-17-37(18-24-43)49-48(36-15-21-40(65)22-16-36)45-29-46(50(49)74-45)76(70,71)64(31-56(57,58)59)39-19-25-42(72-6)26-20-39/h11-26,32-33,41,44-46,50,52,65-66H,7-10,27-31H2,1-6H3,(H,61,68)(H,62,67)/t33-,41+,44-,45?,46?,50?,52+/m0/s1. The highest BCUT2D eigenvalue weighted by atomic mass is 32.2. The second-order valence-electron chi connectivity index (χ2n) is 20.6. The number of amides is 3.